The molecule has 2 amide bonds. The average molecular weight is 730 g/mol. The number of fused-ring (bicyclic) bond motifs is 1. The number of aryl methyl sites for hydroxylation is 3. The van der Waals surface area contributed by atoms with Crippen molar-refractivity contribution in [2.75, 3.05) is 31.6 Å². The Morgan fingerprint density at radius 2 is 1.67 bits per heavy atom. The number of nitrogens with zero attached hydrogens (tertiary/aromatic N) is 5. The molecule has 0 radical (unpaired) electrons. The second kappa shape index (κ2) is 16.9. The Morgan fingerprint density at radius 3 is 2.39 bits per heavy atom. The van der Waals surface area contributed by atoms with Gasteiger partial charge in [0, 0.05) is 75.8 Å². The molecule has 0 unspecified atom stereocenters. The van der Waals surface area contributed by atoms with E-state index in [9.17, 15) is 9.59 Å². The highest BCUT2D eigenvalue weighted by Crippen LogP contribution is 2.31. The Balaban J connectivity index is 1.02. The van der Waals surface area contributed by atoms with Crippen LogP contribution in [0.1, 0.15) is 82.0 Å². The smallest absolute Gasteiger partial charge is 0.270 e. The number of likely N-dealkylation sites (tertiary alicyclic amines) is 1. The van der Waals surface area contributed by atoms with Gasteiger partial charge in [0.2, 0.25) is 0 Å². The summed E-state index contributed by atoms with van der Waals surface area (Å²) in [6.45, 7) is 11.7. The minimum absolute atomic E-state index is 0.167. The molecule has 0 saturated carbocycles. The number of ether oxygens (including phenoxy) is 1. The minimum atomic E-state index is -0.369. The molecule has 2 aliphatic rings. The fourth-order valence-corrected chi connectivity index (χ4v) is 7.51. The van der Waals surface area contributed by atoms with Crippen LogP contribution in [0.15, 0.2) is 66.9 Å². The highest BCUT2D eigenvalue weighted by atomic mass is 16.5. The van der Waals surface area contributed by atoms with E-state index in [0.717, 1.165) is 89.1 Å². The number of amides is 2. The van der Waals surface area contributed by atoms with E-state index in [0.29, 0.717) is 32.7 Å². The van der Waals surface area contributed by atoms with Crippen molar-refractivity contribution in [3.05, 3.63) is 106 Å². The van der Waals surface area contributed by atoms with Gasteiger partial charge in [-0.1, -0.05) is 43.3 Å². The van der Waals surface area contributed by atoms with Crippen molar-refractivity contribution in [2.45, 2.75) is 84.7 Å². The van der Waals surface area contributed by atoms with E-state index < -0.39 is 0 Å². The summed E-state index contributed by atoms with van der Waals surface area (Å²) < 4.78 is 7.50. The van der Waals surface area contributed by atoms with Crippen molar-refractivity contribution < 1.29 is 14.3 Å². The molecule has 0 spiro atoms. The van der Waals surface area contributed by atoms with E-state index in [2.05, 4.69) is 81.2 Å². The van der Waals surface area contributed by atoms with E-state index in [1.54, 1.807) is 18.2 Å². The molecular formula is C42H51N9O3. The van der Waals surface area contributed by atoms with Crippen LogP contribution < -0.4 is 21.7 Å². The lowest BCUT2D eigenvalue weighted by Gasteiger charge is -2.26. The number of nitrogens with two attached hydrogens (primary N) is 1. The van der Waals surface area contributed by atoms with Crippen LogP contribution in [-0.4, -0.2) is 74.8 Å². The SMILES string of the molecule is CCc1nc2c(cnn2CC)c(NC2CCOCC2)c1CNC(=O)c1cccc(C(=O)NCc2ccc(C)c(-c3cccc(CN4CC[C@H](N)C4)c3)c2)n1. The molecule has 12 heteroatoms. The van der Waals surface area contributed by atoms with Crippen LogP contribution in [0.4, 0.5) is 5.69 Å². The summed E-state index contributed by atoms with van der Waals surface area (Å²) in [5, 5.41) is 15.3. The number of carbonyl (C=O) groups is 2. The minimum Gasteiger partial charge on any atom is -0.381 e. The topological polar surface area (TPSA) is 152 Å². The number of benzene rings is 2. The molecule has 2 fully saturated rings. The number of hydrogen-bond acceptors (Lipinski definition) is 9. The number of aromatic nitrogens is 4. The molecule has 2 aromatic carbocycles. The second-order valence-electron chi connectivity index (χ2n) is 14.4. The van der Waals surface area contributed by atoms with Gasteiger partial charge in [-0.3, -0.25) is 14.5 Å². The molecule has 5 N–H and O–H groups in total. The fourth-order valence-electron chi connectivity index (χ4n) is 7.51. The van der Waals surface area contributed by atoms with Gasteiger partial charge in [0.25, 0.3) is 11.8 Å². The van der Waals surface area contributed by atoms with Crippen LogP contribution in [0.5, 0.6) is 0 Å². The molecule has 5 aromatic rings. The van der Waals surface area contributed by atoms with Crippen LogP contribution in [0.2, 0.25) is 0 Å². The third-order valence-corrected chi connectivity index (χ3v) is 10.5. The van der Waals surface area contributed by atoms with Crippen LogP contribution in [0.3, 0.4) is 0 Å². The van der Waals surface area contributed by atoms with Gasteiger partial charge >= 0.3 is 0 Å². The van der Waals surface area contributed by atoms with Crippen molar-refractivity contribution in [3.8, 4) is 11.1 Å². The third-order valence-electron chi connectivity index (χ3n) is 10.5. The van der Waals surface area contributed by atoms with Gasteiger partial charge in [0.1, 0.15) is 11.4 Å². The summed E-state index contributed by atoms with van der Waals surface area (Å²) in [6.07, 6.45) is 5.37. The lowest BCUT2D eigenvalue weighted by atomic mass is 9.96. The average Bonchev–Trinajstić information content (AvgIpc) is 3.82. The van der Waals surface area contributed by atoms with Gasteiger partial charge in [-0.05, 0) is 91.6 Å². The quantitative estimate of drug-likeness (QED) is 0.125. The van der Waals surface area contributed by atoms with Gasteiger partial charge in [-0.25, -0.2) is 14.6 Å². The highest BCUT2D eigenvalue weighted by Gasteiger charge is 2.23. The van der Waals surface area contributed by atoms with Gasteiger partial charge in [0.05, 0.1) is 17.3 Å². The number of pyridine rings is 2. The number of nitrogens with one attached hydrogen (secondary N) is 3. The summed E-state index contributed by atoms with van der Waals surface area (Å²) in [6, 6.07) is 20.3. The summed E-state index contributed by atoms with van der Waals surface area (Å²) in [5.74, 6) is -0.720. The van der Waals surface area contributed by atoms with Crippen LogP contribution >= 0.6 is 0 Å². The molecule has 12 nitrogen and oxygen atoms in total. The van der Waals surface area contributed by atoms with Gasteiger partial charge in [-0.15, -0.1) is 0 Å². The van der Waals surface area contributed by atoms with Crippen LogP contribution in [0.25, 0.3) is 22.2 Å². The molecule has 2 saturated heterocycles. The molecule has 2 aliphatic heterocycles. The zero-order valence-electron chi connectivity index (χ0n) is 31.5. The number of hydrogen-bond donors (Lipinski definition) is 4. The maximum Gasteiger partial charge on any atom is 0.270 e. The van der Waals surface area contributed by atoms with Gasteiger partial charge in [0.15, 0.2) is 5.65 Å². The predicted octanol–water partition coefficient (Wildman–Crippen LogP) is 5.37. The molecule has 54 heavy (non-hydrogen) atoms. The zero-order chi connectivity index (χ0) is 37.6. The monoisotopic (exact) mass is 729 g/mol. The summed E-state index contributed by atoms with van der Waals surface area (Å²) in [4.78, 5) is 38.7. The van der Waals surface area contributed by atoms with Crippen LogP contribution in [-0.2, 0) is 37.3 Å². The molecule has 282 valence electrons. The first-order valence-electron chi connectivity index (χ1n) is 19.2. The molecule has 0 bridgehead atoms. The number of rotatable bonds is 13. The summed E-state index contributed by atoms with van der Waals surface area (Å²) in [7, 11) is 0. The lowest BCUT2D eigenvalue weighted by molar-refractivity contribution is 0.0904. The van der Waals surface area contributed by atoms with E-state index in [4.69, 9.17) is 15.5 Å². The first-order valence-corrected chi connectivity index (χ1v) is 19.2. The fraction of sp³-hybridized carbons (Fsp3) is 0.405. The van der Waals surface area contributed by atoms with Crippen LogP contribution in [0, 0.1) is 6.92 Å². The Labute approximate surface area is 316 Å². The van der Waals surface area contributed by atoms with Crippen molar-refractivity contribution in [3.63, 3.8) is 0 Å². The summed E-state index contributed by atoms with van der Waals surface area (Å²) in [5.41, 5.74) is 15.7. The predicted molar refractivity (Wildman–Crippen MR) is 211 cm³/mol. The van der Waals surface area contributed by atoms with E-state index in [1.165, 1.54) is 5.56 Å². The molecule has 1 atom stereocenters. The molecule has 7 rings (SSSR count). The van der Waals surface area contributed by atoms with E-state index in [1.807, 2.05) is 23.9 Å². The second-order valence-corrected chi connectivity index (χ2v) is 14.4. The Morgan fingerprint density at radius 1 is 0.907 bits per heavy atom. The Hall–Kier alpha value is -5.17. The molecule has 3 aromatic heterocycles. The van der Waals surface area contributed by atoms with Crippen molar-refractivity contribution in [1.82, 2.24) is 35.3 Å². The Bertz CT molecular complexity index is 2120. The van der Waals surface area contributed by atoms with Gasteiger partial charge in [-0.2, -0.15) is 5.10 Å². The molecular weight excluding hydrogens is 679 g/mol. The van der Waals surface area contributed by atoms with Crippen molar-refractivity contribution in [1.29, 1.82) is 0 Å². The maximum atomic E-state index is 13.5. The first-order chi connectivity index (χ1) is 26.3. The largest absolute Gasteiger partial charge is 0.381 e. The highest BCUT2D eigenvalue weighted by molar-refractivity contribution is 5.97. The lowest BCUT2D eigenvalue weighted by Crippen LogP contribution is -2.30. The summed E-state index contributed by atoms with van der Waals surface area (Å²) >= 11 is 0. The Kier molecular flexibility index (Phi) is 11.6. The molecule has 5 heterocycles. The third kappa shape index (κ3) is 8.46. The van der Waals surface area contributed by atoms with E-state index in [-0.39, 0.29) is 41.8 Å². The molecule has 0 aliphatic carbocycles. The normalized spacial score (nSPS) is 16.5. The first kappa shape index (κ1) is 37.2. The van der Waals surface area contributed by atoms with E-state index >= 15 is 0 Å². The number of carbonyl (C=O) groups excluding carboxylic acids is 2. The maximum absolute atomic E-state index is 13.5. The van der Waals surface area contributed by atoms with Crippen molar-refractivity contribution >= 4 is 28.5 Å². The van der Waals surface area contributed by atoms with Crippen molar-refractivity contribution in [2.24, 2.45) is 5.73 Å². The van der Waals surface area contributed by atoms with Gasteiger partial charge < -0.3 is 26.4 Å². The number of anilines is 1. The standard InChI is InChI=1S/C42H51N9O3/c1-4-36-34(39(47-32-15-18-54-19-16-32)35-24-46-51(5-2)40(35)49-36)23-45-42(53)38-11-7-10-37(48-38)41(52)44-22-28-13-12-27(3)33(21-28)30-9-6-8-29(20-30)25-50-17-14-31(43)26-50/h6-13,20-21,24,31-32H,4-5,14-19,22-23,25-26,43H2,1-3H3,(H,44,52)(H,45,53)(H,47,49)/t31-/m0/s1. The zero-order valence-corrected chi connectivity index (χ0v) is 31.5.